The van der Waals surface area contributed by atoms with Crippen LogP contribution in [0.5, 0.6) is 0 Å². The van der Waals surface area contributed by atoms with Crippen molar-refractivity contribution in [3.8, 4) is 6.07 Å². The summed E-state index contributed by atoms with van der Waals surface area (Å²) < 4.78 is 0. The highest BCUT2D eigenvalue weighted by atomic mass is 14.4. The molecule has 0 saturated heterocycles. The monoisotopic (exact) mass is 181 g/mol. The fraction of sp³-hybridized carbons (Fsp3) is 0.917. The molecule has 0 N–H and O–H groups in total. The highest BCUT2D eigenvalue weighted by Gasteiger charge is 2.29. The van der Waals surface area contributed by atoms with E-state index in [4.69, 9.17) is 5.26 Å². The van der Waals surface area contributed by atoms with Crippen molar-refractivity contribution in [3.63, 3.8) is 0 Å². The van der Waals surface area contributed by atoms with Crippen LogP contribution in [-0.4, -0.2) is 0 Å². The van der Waals surface area contributed by atoms with E-state index >= 15 is 0 Å². The summed E-state index contributed by atoms with van der Waals surface area (Å²) in [6.45, 7) is 13.0. The zero-order valence-electron chi connectivity index (χ0n) is 9.94. The smallest absolute Gasteiger partial charge is 0.0684 e. The van der Waals surface area contributed by atoms with E-state index < -0.39 is 0 Å². The molecule has 0 aromatic carbocycles. The van der Waals surface area contributed by atoms with Crippen molar-refractivity contribution >= 4 is 0 Å². The van der Waals surface area contributed by atoms with Gasteiger partial charge < -0.3 is 0 Å². The minimum atomic E-state index is -0.182. The van der Waals surface area contributed by atoms with Crippen molar-refractivity contribution in [1.82, 2.24) is 0 Å². The molecule has 0 bridgehead atoms. The van der Waals surface area contributed by atoms with Crippen LogP contribution in [0.2, 0.25) is 0 Å². The molecule has 13 heavy (non-hydrogen) atoms. The number of hydrogen-bond acceptors (Lipinski definition) is 1. The molecule has 0 radical (unpaired) electrons. The predicted octanol–water partition coefficient (Wildman–Crippen LogP) is 4.00. The molecule has 0 rings (SSSR count). The average Bonchev–Trinajstić information content (AvgIpc) is 1.81. The molecule has 0 aromatic heterocycles. The van der Waals surface area contributed by atoms with Crippen LogP contribution in [0.15, 0.2) is 0 Å². The van der Waals surface area contributed by atoms with E-state index in [9.17, 15) is 0 Å². The summed E-state index contributed by atoms with van der Waals surface area (Å²) in [5, 5.41) is 8.94. The molecule has 0 spiro atoms. The SMILES string of the molecule is CC(C)CC(C)(C)CC(C)(C)C#N. The summed E-state index contributed by atoms with van der Waals surface area (Å²) in [5.41, 5.74) is 0.103. The molecule has 0 heterocycles. The number of nitriles is 1. The topological polar surface area (TPSA) is 23.8 Å². The first-order valence-corrected chi connectivity index (χ1v) is 5.10. The predicted molar refractivity (Wildman–Crippen MR) is 57.2 cm³/mol. The molecular weight excluding hydrogens is 158 g/mol. The average molecular weight is 181 g/mol. The molecule has 0 aliphatic rings. The van der Waals surface area contributed by atoms with Crippen LogP contribution in [0.4, 0.5) is 0 Å². The molecule has 1 heteroatoms. The standard InChI is InChI=1S/C12H23N/c1-10(2)7-11(3,4)8-12(5,6)9-13/h10H,7-8H2,1-6H3. The highest BCUT2D eigenvalue weighted by molar-refractivity contribution is 4.95. The highest BCUT2D eigenvalue weighted by Crippen LogP contribution is 2.37. The van der Waals surface area contributed by atoms with Gasteiger partial charge in [-0.3, -0.25) is 0 Å². The van der Waals surface area contributed by atoms with E-state index in [1.807, 2.05) is 13.8 Å². The third kappa shape index (κ3) is 5.69. The lowest BCUT2D eigenvalue weighted by molar-refractivity contribution is 0.202. The Morgan fingerprint density at radius 2 is 1.62 bits per heavy atom. The van der Waals surface area contributed by atoms with Crippen LogP contribution in [0, 0.1) is 28.1 Å². The molecule has 0 aliphatic heterocycles. The zero-order chi connectivity index (χ0) is 10.7. The number of rotatable bonds is 4. The maximum absolute atomic E-state index is 8.94. The molecule has 0 fully saturated rings. The molecule has 0 aliphatic carbocycles. The summed E-state index contributed by atoms with van der Waals surface area (Å²) in [6, 6.07) is 2.37. The van der Waals surface area contributed by atoms with Crippen LogP contribution in [-0.2, 0) is 0 Å². The van der Waals surface area contributed by atoms with Crippen LogP contribution in [0.1, 0.15) is 54.4 Å². The molecule has 0 unspecified atom stereocenters. The molecule has 0 saturated carbocycles. The van der Waals surface area contributed by atoms with Crippen molar-refractivity contribution in [1.29, 1.82) is 5.26 Å². The fourth-order valence-electron chi connectivity index (χ4n) is 2.41. The summed E-state index contributed by atoms with van der Waals surface area (Å²) in [6.07, 6.45) is 2.17. The Balaban J connectivity index is 4.26. The van der Waals surface area contributed by atoms with Gasteiger partial charge in [0, 0.05) is 0 Å². The van der Waals surface area contributed by atoms with E-state index in [1.165, 1.54) is 6.42 Å². The maximum Gasteiger partial charge on any atom is 0.0684 e. The Kier molecular flexibility index (Phi) is 3.97. The van der Waals surface area contributed by atoms with E-state index in [1.54, 1.807) is 0 Å². The Labute approximate surface area is 83.1 Å². The van der Waals surface area contributed by atoms with Gasteiger partial charge in [0.05, 0.1) is 11.5 Å². The third-order valence-electron chi connectivity index (χ3n) is 2.18. The van der Waals surface area contributed by atoms with Gasteiger partial charge in [-0.25, -0.2) is 0 Å². The molecule has 76 valence electrons. The van der Waals surface area contributed by atoms with E-state index in [-0.39, 0.29) is 10.8 Å². The number of nitrogens with zero attached hydrogens (tertiary/aromatic N) is 1. The van der Waals surface area contributed by atoms with Crippen LogP contribution >= 0.6 is 0 Å². The Bertz CT molecular complexity index is 194. The van der Waals surface area contributed by atoms with Crippen LogP contribution < -0.4 is 0 Å². The fourth-order valence-corrected chi connectivity index (χ4v) is 2.41. The Morgan fingerprint density at radius 1 is 1.15 bits per heavy atom. The summed E-state index contributed by atoms with van der Waals surface area (Å²) in [7, 11) is 0. The molecule has 0 amide bonds. The van der Waals surface area contributed by atoms with E-state index in [2.05, 4.69) is 33.8 Å². The summed E-state index contributed by atoms with van der Waals surface area (Å²) >= 11 is 0. The number of hydrogen-bond donors (Lipinski definition) is 0. The molecule has 0 atom stereocenters. The lowest BCUT2D eigenvalue weighted by Gasteiger charge is -2.32. The minimum Gasteiger partial charge on any atom is -0.198 e. The van der Waals surface area contributed by atoms with Crippen molar-refractivity contribution < 1.29 is 0 Å². The van der Waals surface area contributed by atoms with Gasteiger partial charge in [-0.15, -0.1) is 0 Å². The zero-order valence-corrected chi connectivity index (χ0v) is 9.94. The van der Waals surface area contributed by atoms with Crippen LogP contribution in [0.25, 0.3) is 0 Å². The van der Waals surface area contributed by atoms with Crippen molar-refractivity contribution in [2.45, 2.75) is 54.4 Å². The van der Waals surface area contributed by atoms with Gasteiger partial charge in [0.25, 0.3) is 0 Å². The van der Waals surface area contributed by atoms with Gasteiger partial charge in [0.15, 0.2) is 0 Å². The van der Waals surface area contributed by atoms with Crippen molar-refractivity contribution in [2.24, 2.45) is 16.7 Å². The van der Waals surface area contributed by atoms with Gasteiger partial charge in [-0.05, 0) is 38.0 Å². The van der Waals surface area contributed by atoms with Crippen molar-refractivity contribution in [2.75, 3.05) is 0 Å². The van der Waals surface area contributed by atoms with E-state index in [0.717, 1.165) is 6.42 Å². The van der Waals surface area contributed by atoms with Gasteiger partial charge in [0.1, 0.15) is 0 Å². The minimum absolute atomic E-state index is 0.182. The van der Waals surface area contributed by atoms with Crippen molar-refractivity contribution in [3.05, 3.63) is 0 Å². The van der Waals surface area contributed by atoms with Gasteiger partial charge in [-0.2, -0.15) is 5.26 Å². The summed E-state index contributed by atoms with van der Waals surface area (Å²) in [4.78, 5) is 0. The normalized spacial score (nSPS) is 13.1. The molecular formula is C12H23N. The third-order valence-corrected chi connectivity index (χ3v) is 2.18. The van der Waals surface area contributed by atoms with E-state index in [0.29, 0.717) is 5.92 Å². The molecule has 0 aromatic rings. The first-order chi connectivity index (χ1) is 5.68. The first-order valence-electron chi connectivity index (χ1n) is 5.10. The quantitative estimate of drug-likeness (QED) is 0.643. The Hall–Kier alpha value is -0.510. The Morgan fingerprint density at radius 3 is 1.92 bits per heavy atom. The molecule has 1 nitrogen and oxygen atoms in total. The maximum atomic E-state index is 8.94. The second kappa shape index (κ2) is 4.13. The lowest BCUT2D eigenvalue weighted by Crippen LogP contribution is -2.23. The van der Waals surface area contributed by atoms with Gasteiger partial charge >= 0.3 is 0 Å². The van der Waals surface area contributed by atoms with Crippen LogP contribution in [0.3, 0.4) is 0 Å². The second-order valence-electron chi connectivity index (χ2n) is 5.93. The summed E-state index contributed by atoms with van der Waals surface area (Å²) in [5.74, 6) is 0.712. The second-order valence-corrected chi connectivity index (χ2v) is 5.93. The lowest BCUT2D eigenvalue weighted by atomic mass is 9.72. The van der Waals surface area contributed by atoms with Gasteiger partial charge in [0.2, 0.25) is 0 Å². The largest absolute Gasteiger partial charge is 0.198 e. The van der Waals surface area contributed by atoms with Gasteiger partial charge in [-0.1, -0.05) is 27.7 Å². The first kappa shape index (κ1) is 12.5.